The number of rotatable bonds is 2. The number of aliphatic hydroxyl groups is 1. The maximum absolute atomic E-state index is 13.2. The zero-order valence-electron chi connectivity index (χ0n) is 10.8. The van der Waals surface area contributed by atoms with Crippen molar-refractivity contribution in [2.24, 2.45) is 0 Å². The first kappa shape index (κ1) is 12.1. The minimum absolute atomic E-state index is 0.216. The standard InChI is InChI=1S/C15H20FNO/c1-17-13-5-6-14(17)10-15(18,9-13)8-11-3-2-4-12(16)7-11/h2-4,7,13-14,18H,5-6,8-10H2,1H3. The Kier molecular flexibility index (Phi) is 2.91. The number of hydrogen-bond donors (Lipinski definition) is 1. The molecule has 2 saturated heterocycles. The number of benzene rings is 1. The summed E-state index contributed by atoms with van der Waals surface area (Å²) in [5.74, 6) is -0.216. The van der Waals surface area contributed by atoms with Crippen LogP contribution in [0.4, 0.5) is 4.39 Å². The quantitative estimate of drug-likeness (QED) is 0.869. The van der Waals surface area contributed by atoms with Crippen LogP contribution in [0.3, 0.4) is 0 Å². The van der Waals surface area contributed by atoms with E-state index in [4.69, 9.17) is 0 Å². The summed E-state index contributed by atoms with van der Waals surface area (Å²) in [6, 6.07) is 7.62. The Labute approximate surface area is 107 Å². The summed E-state index contributed by atoms with van der Waals surface area (Å²) in [5.41, 5.74) is 0.257. The van der Waals surface area contributed by atoms with E-state index in [-0.39, 0.29) is 5.82 Å². The molecule has 1 aromatic rings. The first-order valence-corrected chi connectivity index (χ1v) is 6.74. The molecule has 3 heteroatoms. The second kappa shape index (κ2) is 4.32. The van der Waals surface area contributed by atoms with Crippen LogP contribution in [0.5, 0.6) is 0 Å². The molecule has 0 aliphatic carbocycles. The molecule has 2 bridgehead atoms. The highest BCUT2D eigenvalue weighted by atomic mass is 19.1. The highest BCUT2D eigenvalue weighted by Crippen LogP contribution is 2.41. The van der Waals surface area contributed by atoms with Gasteiger partial charge in [-0.05, 0) is 50.4 Å². The molecule has 2 aliphatic heterocycles. The molecule has 0 amide bonds. The lowest BCUT2D eigenvalue weighted by Gasteiger charge is -2.42. The molecular weight excluding hydrogens is 229 g/mol. The van der Waals surface area contributed by atoms with Crippen LogP contribution in [-0.2, 0) is 6.42 Å². The van der Waals surface area contributed by atoms with Crippen molar-refractivity contribution in [1.82, 2.24) is 4.90 Å². The molecule has 0 aromatic heterocycles. The van der Waals surface area contributed by atoms with Gasteiger partial charge in [-0.25, -0.2) is 4.39 Å². The highest BCUT2D eigenvalue weighted by Gasteiger charge is 2.45. The summed E-state index contributed by atoms with van der Waals surface area (Å²) in [5, 5.41) is 10.8. The zero-order chi connectivity index (χ0) is 12.8. The Hall–Kier alpha value is -0.930. The van der Waals surface area contributed by atoms with Gasteiger partial charge in [-0.15, -0.1) is 0 Å². The summed E-state index contributed by atoms with van der Waals surface area (Å²) >= 11 is 0. The van der Waals surface area contributed by atoms with Crippen molar-refractivity contribution >= 4 is 0 Å². The van der Waals surface area contributed by atoms with Crippen LogP contribution in [-0.4, -0.2) is 34.7 Å². The minimum atomic E-state index is -0.647. The van der Waals surface area contributed by atoms with Gasteiger partial charge in [0, 0.05) is 18.5 Å². The van der Waals surface area contributed by atoms with Crippen LogP contribution in [0.25, 0.3) is 0 Å². The van der Waals surface area contributed by atoms with E-state index in [1.54, 1.807) is 6.07 Å². The monoisotopic (exact) mass is 249 g/mol. The molecule has 18 heavy (non-hydrogen) atoms. The summed E-state index contributed by atoms with van der Waals surface area (Å²) < 4.78 is 13.2. The van der Waals surface area contributed by atoms with E-state index in [1.807, 2.05) is 6.07 Å². The fourth-order valence-corrected chi connectivity index (χ4v) is 3.71. The van der Waals surface area contributed by atoms with Crippen LogP contribution < -0.4 is 0 Å². The largest absolute Gasteiger partial charge is 0.389 e. The highest BCUT2D eigenvalue weighted by molar-refractivity contribution is 5.19. The average Bonchev–Trinajstić information content (AvgIpc) is 2.54. The van der Waals surface area contributed by atoms with Crippen molar-refractivity contribution < 1.29 is 9.50 Å². The number of piperidine rings is 1. The molecule has 1 N–H and O–H groups in total. The molecule has 0 radical (unpaired) electrons. The van der Waals surface area contributed by atoms with E-state index < -0.39 is 5.60 Å². The lowest BCUT2D eigenvalue weighted by atomic mass is 9.81. The second-order valence-electron chi connectivity index (χ2n) is 5.99. The van der Waals surface area contributed by atoms with Gasteiger partial charge in [-0.1, -0.05) is 12.1 Å². The van der Waals surface area contributed by atoms with E-state index in [0.29, 0.717) is 18.5 Å². The Bertz CT molecular complexity index is 434. The van der Waals surface area contributed by atoms with E-state index in [0.717, 1.165) is 18.4 Å². The average molecular weight is 249 g/mol. The Morgan fingerprint density at radius 3 is 2.61 bits per heavy atom. The Morgan fingerprint density at radius 1 is 1.33 bits per heavy atom. The minimum Gasteiger partial charge on any atom is -0.389 e. The number of fused-ring (bicyclic) bond motifs is 2. The fourth-order valence-electron chi connectivity index (χ4n) is 3.71. The van der Waals surface area contributed by atoms with Crippen molar-refractivity contribution in [2.75, 3.05) is 7.05 Å². The van der Waals surface area contributed by atoms with Gasteiger partial charge in [0.25, 0.3) is 0 Å². The zero-order valence-corrected chi connectivity index (χ0v) is 10.8. The van der Waals surface area contributed by atoms with Gasteiger partial charge < -0.3 is 10.0 Å². The Balaban J connectivity index is 1.76. The molecule has 0 spiro atoms. The van der Waals surface area contributed by atoms with Gasteiger partial charge in [0.1, 0.15) is 5.82 Å². The number of nitrogens with zero attached hydrogens (tertiary/aromatic N) is 1. The third-order valence-electron chi connectivity index (χ3n) is 4.64. The SMILES string of the molecule is CN1C2CCC1CC(O)(Cc1cccc(F)c1)C2. The lowest BCUT2D eigenvalue weighted by Crippen LogP contribution is -2.50. The van der Waals surface area contributed by atoms with Gasteiger partial charge in [-0.3, -0.25) is 0 Å². The van der Waals surface area contributed by atoms with Crippen LogP contribution >= 0.6 is 0 Å². The summed E-state index contributed by atoms with van der Waals surface area (Å²) in [6.07, 6.45) is 4.58. The van der Waals surface area contributed by atoms with Crippen molar-refractivity contribution in [3.05, 3.63) is 35.6 Å². The molecule has 0 saturated carbocycles. The summed E-state index contributed by atoms with van der Waals surface area (Å²) in [4.78, 5) is 2.40. The molecule has 2 unspecified atom stereocenters. The van der Waals surface area contributed by atoms with E-state index >= 15 is 0 Å². The topological polar surface area (TPSA) is 23.5 Å². The normalized spacial score (nSPS) is 35.9. The van der Waals surface area contributed by atoms with Crippen LogP contribution in [0.2, 0.25) is 0 Å². The van der Waals surface area contributed by atoms with Crippen molar-refractivity contribution in [3.8, 4) is 0 Å². The number of halogens is 1. The van der Waals surface area contributed by atoms with Crippen LogP contribution in [0.15, 0.2) is 24.3 Å². The molecule has 1 aromatic carbocycles. The van der Waals surface area contributed by atoms with E-state index in [2.05, 4.69) is 11.9 Å². The summed E-state index contributed by atoms with van der Waals surface area (Å²) in [6.45, 7) is 0. The first-order chi connectivity index (χ1) is 8.56. The molecule has 3 rings (SSSR count). The van der Waals surface area contributed by atoms with Gasteiger partial charge >= 0.3 is 0 Å². The van der Waals surface area contributed by atoms with Crippen LogP contribution in [0, 0.1) is 5.82 Å². The molecular formula is C15H20FNO. The molecule has 2 heterocycles. The fraction of sp³-hybridized carbons (Fsp3) is 0.600. The van der Waals surface area contributed by atoms with Crippen LogP contribution in [0.1, 0.15) is 31.2 Å². The second-order valence-corrected chi connectivity index (χ2v) is 5.99. The van der Waals surface area contributed by atoms with Crippen molar-refractivity contribution in [2.45, 2.75) is 49.8 Å². The predicted octanol–water partition coefficient (Wildman–Crippen LogP) is 2.36. The molecule has 98 valence electrons. The maximum atomic E-state index is 13.2. The van der Waals surface area contributed by atoms with Gasteiger partial charge in [-0.2, -0.15) is 0 Å². The van der Waals surface area contributed by atoms with Gasteiger partial charge in [0.2, 0.25) is 0 Å². The van der Waals surface area contributed by atoms with Gasteiger partial charge in [0.15, 0.2) is 0 Å². The first-order valence-electron chi connectivity index (χ1n) is 6.74. The smallest absolute Gasteiger partial charge is 0.123 e. The van der Waals surface area contributed by atoms with Crippen molar-refractivity contribution in [1.29, 1.82) is 0 Å². The molecule has 2 nitrogen and oxygen atoms in total. The van der Waals surface area contributed by atoms with E-state index in [1.165, 1.54) is 25.0 Å². The molecule has 2 atom stereocenters. The van der Waals surface area contributed by atoms with E-state index in [9.17, 15) is 9.50 Å². The van der Waals surface area contributed by atoms with Crippen molar-refractivity contribution in [3.63, 3.8) is 0 Å². The Morgan fingerprint density at radius 2 is 2.00 bits per heavy atom. The maximum Gasteiger partial charge on any atom is 0.123 e. The summed E-state index contributed by atoms with van der Waals surface area (Å²) in [7, 11) is 2.16. The molecule has 2 fully saturated rings. The third kappa shape index (κ3) is 2.17. The van der Waals surface area contributed by atoms with Gasteiger partial charge in [0.05, 0.1) is 5.60 Å². The third-order valence-corrected chi connectivity index (χ3v) is 4.64. The molecule has 2 aliphatic rings. The lowest BCUT2D eigenvalue weighted by molar-refractivity contribution is -0.0437. The number of hydrogen-bond acceptors (Lipinski definition) is 2. The predicted molar refractivity (Wildman–Crippen MR) is 68.9 cm³/mol.